The number of aliphatic hydroxyl groups is 1. The molecule has 0 unspecified atom stereocenters. The quantitative estimate of drug-likeness (QED) is 0.788. The molecule has 0 amide bonds. The Hall–Kier alpha value is -0.370. The molecule has 2 nitrogen and oxygen atoms in total. The maximum Gasteiger partial charge on any atom is 0.138 e. The number of fused-ring (bicyclic) bond motifs is 3. The summed E-state index contributed by atoms with van der Waals surface area (Å²) in [4.78, 5) is 12.5. The lowest BCUT2D eigenvalue weighted by molar-refractivity contribution is -0.165. The Kier molecular flexibility index (Phi) is 3.16. The van der Waals surface area contributed by atoms with E-state index >= 15 is 0 Å². The molecule has 0 aromatic heterocycles. The maximum absolute atomic E-state index is 12.5. The van der Waals surface area contributed by atoms with Gasteiger partial charge in [-0.2, -0.15) is 0 Å². The Morgan fingerprint density at radius 2 is 1.82 bits per heavy atom. The Morgan fingerprint density at radius 3 is 2.55 bits per heavy atom. The highest BCUT2D eigenvalue weighted by molar-refractivity contribution is 5.85. The van der Waals surface area contributed by atoms with Crippen LogP contribution < -0.4 is 0 Å². The third-order valence-electron chi connectivity index (χ3n) is 8.81. The van der Waals surface area contributed by atoms with Gasteiger partial charge in [-0.1, -0.05) is 20.8 Å². The zero-order valence-corrected chi connectivity index (χ0v) is 14.5. The molecule has 4 rings (SSSR count). The number of hydrogen-bond donors (Lipinski definition) is 1. The highest BCUT2D eigenvalue weighted by Crippen LogP contribution is 2.71. The molecule has 6 atom stereocenters. The van der Waals surface area contributed by atoms with Crippen molar-refractivity contribution in [2.24, 2.45) is 39.9 Å². The van der Waals surface area contributed by atoms with Crippen molar-refractivity contribution in [1.82, 2.24) is 0 Å². The van der Waals surface area contributed by atoms with Gasteiger partial charge >= 0.3 is 0 Å². The van der Waals surface area contributed by atoms with Gasteiger partial charge in [0.2, 0.25) is 0 Å². The molecule has 4 aliphatic rings. The van der Waals surface area contributed by atoms with Crippen LogP contribution in [0.25, 0.3) is 0 Å². The lowest BCUT2D eigenvalue weighted by atomic mass is 9.41. The molecule has 22 heavy (non-hydrogen) atoms. The van der Waals surface area contributed by atoms with E-state index in [2.05, 4.69) is 20.8 Å². The molecule has 0 saturated heterocycles. The predicted octanol–water partition coefficient (Wildman–Crippen LogP) is 4.21. The van der Waals surface area contributed by atoms with Crippen molar-refractivity contribution >= 4 is 5.78 Å². The molecule has 1 N–H and O–H groups in total. The number of rotatable bonds is 1. The third-order valence-corrected chi connectivity index (χ3v) is 8.81. The smallest absolute Gasteiger partial charge is 0.138 e. The van der Waals surface area contributed by atoms with E-state index in [1.165, 1.54) is 38.5 Å². The fourth-order valence-corrected chi connectivity index (χ4v) is 7.83. The molecule has 2 bridgehead atoms. The van der Waals surface area contributed by atoms with Crippen LogP contribution in [0.15, 0.2) is 0 Å². The molecule has 0 heterocycles. The lowest BCUT2D eigenvalue weighted by Crippen LogP contribution is -2.58. The first-order valence-corrected chi connectivity index (χ1v) is 9.48. The van der Waals surface area contributed by atoms with E-state index in [-0.39, 0.29) is 5.41 Å². The van der Waals surface area contributed by atoms with Gasteiger partial charge in [-0.15, -0.1) is 0 Å². The summed E-state index contributed by atoms with van der Waals surface area (Å²) in [7, 11) is 0. The van der Waals surface area contributed by atoms with Gasteiger partial charge in [0.15, 0.2) is 0 Å². The SMILES string of the molecule is CC1(C)C(=O)CC[C@]2(C)[C@@H]1CC[C@]13C[C@@H](CO)[C@H](CC[C@H]12)C3. The van der Waals surface area contributed by atoms with Crippen molar-refractivity contribution in [3.8, 4) is 0 Å². The zero-order chi connectivity index (χ0) is 15.8. The highest BCUT2D eigenvalue weighted by atomic mass is 16.3. The van der Waals surface area contributed by atoms with E-state index in [4.69, 9.17) is 0 Å². The number of Topliss-reactive ketones (excluding diaryl/α,β-unsaturated/α-hetero) is 1. The number of carbonyl (C=O) groups is 1. The summed E-state index contributed by atoms with van der Waals surface area (Å²) >= 11 is 0. The summed E-state index contributed by atoms with van der Waals surface area (Å²) in [6, 6.07) is 0. The molecule has 4 fully saturated rings. The predicted molar refractivity (Wildman–Crippen MR) is 87.3 cm³/mol. The lowest BCUT2D eigenvalue weighted by Gasteiger charge is -2.63. The van der Waals surface area contributed by atoms with Crippen LogP contribution in [0.2, 0.25) is 0 Å². The summed E-state index contributed by atoms with van der Waals surface area (Å²) in [5.41, 5.74) is 0.726. The molecule has 124 valence electrons. The molecule has 2 heteroatoms. The van der Waals surface area contributed by atoms with Gasteiger partial charge in [0, 0.05) is 18.4 Å². The number of ketones is 1. The third kappa shape index (κ3) is 1.74. The van der Waals surface area contributed by atoms with Crippen LogP contribution in [0, 0.1) is 39.9 Å². The first-order chi connectivity index (χ1) is 10.3. The van der Waals surface area contributed by atoms with Gasteiger partial charge in [-0.25, -0.2) is 0 Å². The van der Waals surface area contributed by atoms with Crippen LogP contribution in [-0.2, 0) is 4.79 Å². The number of carbonyl (C=O) groups excluding carboxylic acids is 1. The van der Waals surface area contributed by atoms with Gasteiger partial charge in [0.05, 0.1) is 0 Å². The van der Waals surface area contributed by atoms with Crippen LogP contribution >= 0.6 is 0 Å². The van der Waals surface area contributed by atoms with Crippen molar-refractivity contribution in [1.29, 1.82) is 0 Å². The van der Waals surface area contributed by atoms with E-state index in [1.54, 1.807) is 0 Å². The van der Waals surface area contributed by atoms with Crippen LogP contribution in [0.3, 0.4) is 0 Å². The Balaban J connectivity index is 1.71. The second-order valence-electron chi connectivity index (χ2n) is 9.85. The number of aliphatic hydroxyl groups excluding tert-OH is 1. The first-order valence-electron chi connectivity index (χ1n) is 9.48. The fraction of sp³-hybridized carbons (Fsp3) is 0.950. The molecule has 1 spiro atoms. The summed E-state index contributed by atoms with van der Waals surface area (Å²) in [5, 5.41) is 9.77. The topological polar surface area (TPSA) is 37.3 Å². The summed E-state index contributed by atoms with van der Waals surface area (Å²) < 4.78 is 0. The average molecular weight is 304 g/mol. The van der Waals surface area contributed by atoms with Crippen molar-refractivity contribution in [2.45, 2.75) is 72.1 Å². The fourth-order valence-electron chi connectivity index (χ4n) is 7.83. The molecule has 0 aromatic rings. The largest absolute Gasteiger partial charge is 0.396 e. The van der Waals surface area contributed by atoms with Crippen molar-refractivity contribution in [3.63, 3.8) is 0 Å². The minimum Gasteiger partial charge on any atom is -0.396 e. The standard InChI is InChI=1S/C20H32O2/c1-18(2)15-6-9-20-10-13(14(11-20)12-21)4-5-16(20)19(15,3)8-7-17(18)22/h13-16,21H,4-12H2,1-3H3/t13-,14+,15-,16+,19-,20+/m1/s1. The summed E-state index contributed by atoms with van der Waals surface area (Å²) in [6.07, 6.45) is 9.72. The molecule has 0 aliphatic heterocycles. The minimum atomic E-state index is -0.125. The van der Waals surface area contributed by atoms with E-state index in [1.807, 2.05) is 0 Å². The van der Waals surface area contributed by atoms with E-state index in [0.717, 1.165) is 24.7 Å². The number of hydrogen-bond acceptors (Lipinski definition) is 2. The second-order valence-corrected chi connectivity index (χ2v) is 9.85. The molecular weight excluding hydrogens is 272 g/mol. The summed E-state index contributed by atoms with van der Waals surface area (Å²) in [6.45, 7) is 7.34. The van der Waals surface area contributed by atoms with Gasteiger partial charge in [0.25, 0.3) is 0 Å². The van der Waals surface area contributed by atoms with Crippen molar-refractivity contribution in [2.75, 3.05) is 6.61 Å². The summed E-state index contributed by atoms with van der Waals surface area (Å²) in [5.74, 6) is 3.20. The zero-order valence-electron chi connectivity index (χ0n) is 14.5. The Morgan fingerprint density at radius 1 is 1.05 bits per heavy atom. The van der Waals surface area contributed by atoms with E-state index in [0.29, 0.717) is 35.1 Å². The van der Waals surface area contributed by atoms with Gasteiger partial charge in [-0.05, 0) is 79.4 Å². The van der Waals surface area contributed by atoms with E-state index < -0.39 is 0 Å². The maximum atomic E-state index is 12.5. The van der Waals surface area contributed by atoms with Gasteiger partial charge < -0.3 is 5.11 Å². The molecular formula is C20H32O2. The highest BCUT2D eigenvalue weighted by Gasteiger charge is 2.65. The molecule has 0 radical (unpaired) electrons. The van der Waals surface area contributed by atoms with E-state index in [9.17, 15) is 9.90 Å². The Labute approximate surface area is 135 Å². The second kappa shape index (κ2) is 4.59. The average Bonchev–Trinajstić information content (AvgIpc) is 2.74. The molecule has 4 aliphatic carbocycles. The monoisotopic (exact) mass is 304 g/mol. The van der Waals surface area contributed by atoms with Gasteiger partial charge in [0.1, 0.15) is 5.78 Å². The minimum absolute atomic E-state index is 0.125. The Bertz CT molecular complexity index is 496. The van der Waals surface area contributed by atoms with Crippen LogP contribution in [0.5, 0.6) is 0 Å². The van der Waals surface area contributed by atoms with Crippen LogP contribution in [0.1, 0.15) is 72.1 Å². The first kappa shape index (κ1) is 15.2. The molecule has 4 saturated carbocycles. The van der Waals surface area contributed by atoms with Crippen LogP contribution in [-0.4, -0.2) is 17.5 Å². The normalized spacial score (nSPS) is 53.0. The van der Waals surface area contributed by atoms with Crippen molar-refractivity contribution in [3.05, 3.63) is 0 Å². The van der Waals surface area contributed by atoms with Gasteiger partial charge in [-0.3, -0.25) is 4.79 Å². The molecule has 0 aromatic carbocycles. The van der Waals surface area contributed by atoms with Crippen LogP contribution in [0.4, 0.5) is 0 Å². The van der Waals surface area contributed by atoms with Crippen molar-refractivity contribution < 1.29 is 9.90 Å².